The molecular weight excluding hydrogens is 332 g/mol. The molecule has 0 aliphatic heterocycles. The first kappa shape index (κ1) is 17.9. The van der Waals surface area contributed by atoms with Crippen LogP contribution in [0.3, 0.4) is 0 Å². The lowest BCUT2D eigenvalue weighted by molar-refractivity contribution is -0.120. The molecule has 0 saturated carbocycles. The largest absolute Gasteiger partial charge is 0.379 e. The van der Waals surface area contributed by atoms with Gasteiger partial charge in [0.1, 0.15) is 5.01 Å². The number of hydrogen-bond donors (Lipinski definition) is 1. The standard InChI is InChI=1S/C17H21ClN2O2S/c1-12(2)22-9-5-8-19-16(21)10-13-11-23-17(20-13)14-6-3-4-7-15(14)18/h3-4,6-7,11-12H,5,8-10H2,1-2H3,(H,19,21). The average molecular weight is 353 g/mol. The first-order chi connectivity index (χ1) is 11.1. The number of halogens is 1. The minimum Gasteiger partial charge on any atom is -0.379 e. The van der Waals surface area contributed by atoms with Gasteiger partial charge in [-0.3, -0.25) is 4.79 Å². The number of carbonyl (C=O) groups is 1. The molecule has 23 heavy (non-hydrogen) atoms. The van der Waals surface area contributed by atoms with Gasteiger partial charge in [0, 0.05) is 24.1 Å². The summed E-state index contributed by atoms with van der Waals surface area (Å²) in [4.78, 5) is 16.4. The van der Waals surface area contributed by atoms with Crippen LogP contribution in [0.2, 0.25) is 5.02 Å². The Kier molecular flexibility index (Phi) is 7.02. The highest BCUT2D eigenvalue weighted by Crippen LogP contribution is 2.30. The Morgan fingerprint density at radius 3 is 2.91 bits per heavy atom. The summed E-state index contributed by atoms with van der Waals surface area (Å²) in [6.45, 7) is 5.27. The monoisotopic (exact) mass is 352 g/mol. The Labute approximate surface area is 145 Å². The maximum atomic E-state index is 11.9. The molecule has 1 aromatic heterocycles. The van der Waals surface area contributed by atoms with Crippen molar-refractivity contribution in [2.45, 2.75) is 32.8 Å². The van der Waals surface area contributed by atoms with Crippen molar-refractivity contribution in [3.8, 4) is 10.6 Å². The molecule has 1 heterocycles. The van der Waals surface area contributed by atoms with E-state index in [-0.39, 0.29) is 18.4 Å². The third-order valence-electron chi connectivity index (χ3n) is 3.09. The second-order valence-corrected chi connectivity index (χ2v) is 6.69. The van der Waals surface area contributed by atoms with E-state index in [1.165, 1.54) is 11.3 Å². The lowest BCUT2D eigenvalue weighted by Gasteiger charge is -2.07. The Morgan fingerprint density at radius 2 is 2.17 bits per heavy atom. The van der Waals surface area contributed by atoms with Crippen molar-refractivity contribution >= 4 is 28.8 Å². The molecule has 1 aromatic carbocycles. The van der Waals surface area contributed by atoms with E-state index in [2.05, 4.69) is 10.3 Å². The molecule has 4 nitrogen and oxygen atoms in total. The fraction of sp³-hybridized carbons (Fsp3) is 0.412. The van der Waals surface area contributed by atoms with Gasteiger partial charge in [0.05, 0.1) is 23.2 Å². The summed E-state index contributed by atoms with van der Waals surface area (Å²) in [6.07, 6.45) is 1.32. The highest BCUT2D eigenvalue weighted by atomic mass is 35.5. The number of rotatable bonds is 8. The molecule has 0 fully saturated rings. The molecule has 1 N–H and O–H groups in total. The van der Waals surface area contributed by atoms with Crippen LogP contribution in [-0.2, 0) is 16.0 Å². The maximum absolute atomic E-state index is 11.9. The van der Waals surface area contributed by atoms with E-state index < -0.39 is 0 Å². The Balaban J connectivity index is 1.80. The second kappa shape index (κ2) is 9.01. The first-order valence-electron chi connectivity index (χ1n) is 7.64. The van der Waals surface area contributed by atoms with Gasteiger partial charge in [0.25, 0.3) is 0 Å². The number of nitrogens with one attached hydrogen (secondary N) is 1. The van der Waals surface area contributed by atoms with Crippen LogP contribution in [0.15, 0.2) is 29.6 Å². The summed E-state index contributed by atoms with van der Waals surface area (Å²) in [5.74, 6) is -0.0226. The van der Waals surface area contributed by atoms with Crippen LogP contribution in [-0.4, -0.2) is 30.1 Å². The van der Waals surface area contributed by atoms with Crippen LogP contribution in [0.1, 0.15) is 26.0 Å². The van der Waals surface area contributed by atoms with Gasteiger partial charge < -0.3 is 10.1 Å². The SMILES string of the molecule is CC(C)OCCCNC(=O)Cc1csc(-c2ccccc2Cl)n1. The number of carbonyl (C=O) groups excluding carboxylic acids is 1. The molecule has 0 unspecified atom stereocenters. The lowest BCUT2D eigenvalue weighted by Crippen LogP contribution is -2.27. The zero-order valence-corrected chi connectivity index (χ0v) is 14.9. The van der Waals surface area contributed by atoms with E-state index in [1.807, 2.05) is 43.5 Å². The minimum absolute atomic E-state index is 0.0226. The first-order valence-corrected chi connectivity index (χ1v) is 8.89. The number of aromatic nitrogens is 1. The summed E-state index contributed by atoms with van der Waals surface area (Å²) in [5, 5.41) is 6.29. The van der Waals surface area contributed by atoms with Gasteiger partial charge in [-0.15, -0.1) is 11.3 Å². The van der Waals surface area contributed by atoms with Crippen molar-refractivity contribution in [1.29, 1.82) is 0 Å². The molecule has 124 valence electrons. The van der Waals surface area contributed by atoms with E-state index in [9.17, 15) is 4.79 Å². The van der Waals surface area contributed by atoms with E-state index in [0.717, 1.165) is 22.7 Å². The third kappa shape index (κ3) is 5.94. The number of amides is 1. The molecule has 2 rings (SSSR count). The normalized spacial score (nSPS) is 11.0. The molecule has 0 bridgehead atoms. The number of nitrogens with zero attached hydrogens (tertiary/aromatic N) is 1. The van der Waals surface area contributed by atoms with Crippen LogP contribution in [0.4, 0.5) is 0 Å². The van der Waals surface area contributed by atoms with E-state index in [0.29, 0.717) is 18.2 Å². The molecule has 0 atom stereocenters. The Bertz CT molecular complexity index is 643. The molecule has 1 amide bonds. The zero-order chi connectivity index (χ0) is 16.7. The highest BCUT2D eigenvalue weighted by molar-refractivity contribution is 7.13. The van der Waals surface area contributed by atoms with Gasteiger partial charge in [-0.2, -0.15) is 0 Å². The second-order valence-electron chi connectivity index (χ2n) is 5.42. The quantitative estimate of drug-likeness (QED) is 0.732. The summed E-state index contributed by atoms with van der Waals surface area (Å²) < 4.78 is 5.43. The van der Waals surface area contributed by atoms with Gasteiger partial charge in [-0.05, 0) is 26.3 Å². The van der Waals surface area contributed by atoms with Gasteiger partial charge >= 0.3 is 0 Å². The van der Waals surface area contributed by atoms with Gasteiger partial charge in [0.2, 0.25) is 5.91 Å². The maximum Gasteiger partial charge on any atom is 0.226 e. The summed E-state index contributed by atoms with van der Waals surface area (Å²) in [7, 11) is 0. The Hall–Kier alpha value is -1.43. The molecular formula is C17H21ClN2O2S. The van der Waals surface area contributed by atoms with Crippen molar-refractivity contribution < 1.29 is 9.53 Å². The van der Waals surface area contributed by atoms with E-state index in [4.69, 9.17) is 16.3 Å². The molecule has 2 aromatic rings. The van der Waals surface area contributed by atoms with Crippen LogP contribution in [0, 0.1) is 0 Å². The van der Waals surface area contributed by atoms with Crippen molar-refractivity contribution in [2.75, 3.05) is 13.2 Å². The number of ether oxygens (including phenoxy) is 1. The lowest BCUT2D eigenvalue weighted by atomic mass is 10.2. The predicted molar refractivity (Wildman–Crippen MR) is 95.0 cm³/mol. The third-order valence-corrected chi connectivity index (χ3v) is 4.35. The van der Waals surface area contributed by atoms with Crippen LogP contribution in [0.25, 0.3) is 10.6 Å². The summed E-state index contributed by atoms with van der Waals surface area (Å²) >= 11 is 7.67. The topological polar surface area (TPSA) is 51.2 Å². The molecule has 0 spiro atoms. The summed E-state index contributed by atoms with van der Waals surface area (Å²) in [6, 6.07) is 7.58. The number of hydrogen-bond acceptors (Lipinski definition) is 4. The van der Waals surface area contributed by atoms with Crippen LogP contribution < -0.4 is 5.32 Å². The molecule has 0 radical (unpaired) electrons. The van der Waals surface area contributed by atoms with Crippen molar-refractivity contribution in [2.24, 2.45) is 0 Å². The van der Waals surface area contributed by atoms with E-state index >= 15 is 0 Å². The number of thiazole rings is 1. The molecule has 6 heteroatoms. The smallest absolute Gasteiger partial charge is 0.226 e. The van der Waals surface area contributed by atoms with Gasteiger partial charge in [-0.25, -0.2) is 4.98 Å². The van der Waals surface area contributed by atoms with Crippen molar-refractivity contribution in [1.82, 2.24) is 10.3 Å². The molecule has 0 aliphatic rings. The predicted octanol–water partition coefficient (Wildman–Crippen LogP) is 3.94. The van der Waals surface area contributed by atoms with Crippen molar-refractivity contribution in [3.63, 3.8) is 0 Å². The van der Waals surface area contributed by atoms with Gasteiger partial charge in [-0.1, -0.05) is 29.8 Å². The van der Waals surface area contributed by atoms with E-state index in [1.54, 1.807) is 0 Å². The van der Waals surface area contributed by atoms with Crippen molar-refractivity contribution in [3.05, 3.63) is 40.4 Å². The number of benzene rings is 1. The average Bonchev–Trinajstić information content (AvgIpc) is 2.95. The van der Waals surface area contributed by atoms with Crippen LogP contribution >= 0.6 is 22.9 Å². The molecule has 0 aliphatic carbocycles. The minimum atomic E-state index is -0.0226. The summed E-state index contributed by atoms with van der Waals surface area (Å²) in [5.41, 5.74) is 1.66. The molecule has 0 saturated heterocycles. The fourth-order valence-electron chi connectivity index (χ4n) is 1.99. The van der Waals surface area contributed by atoms with Gasteiger partial charge in [0.15, 0.2) is 0 Å². The fourth-order valence-corrected chi connectivity index (χ4v) is 3.13. The highest BCUT2D eigenvalue weighted by Gasteiger charge is 2.10. The Morgan fingerprint density at radius 1 is 1.39 bits per heavy atom. The van der Waals surface area contributed by atoms with Crippen LogP contribution in [0.5, 0.6) is 0 Å². The zero-order valence-electron chi connectivity index (χ0n) is 13.3.